The molecule has 0 spiro atoms. The molecule has 6 nitrogen and oxygen atoms in total. The third-order valence-corrected chi connectivity index (χ3v) is 3.22. The van der Waals surface area contributed by atoms with Gasteiger partial charge in [-0.25, -0.2) is 0 Å². The van der Waals surface area contributed by atoms with Crippen LogP contribution in [0.4, 0.5) is 0 Å². The first-order chi connectivity index (χ1) is 8.56. The molecule has 18 heavy (non-hydrogen) atoms. The molecule has 1 aliphatic heterocycles. The summed E-state index contributed by atoms with van der Waals surface area (Å²) in [5.41, 5.74) is 1.14. The number of aliphatic carboxylic acids is 1. The molecule has 6 heteroatoms. The summed E-state index contributed by atoms with van der Waals surface area (Å²) in [6, 6.07) is 0. The molecule has 1 saturated heterocycles. The zero-order valence-electron chi connectivity index (χ0n) is 10.4. The van der Waals surface area contributed by atoms with Crippen molar-refractivity contribution < 1.29 is 14.7 Å². The second-order valence-corrected chi connectivity index (χ2v) is 4.70. The van der Waals surface area contributed by atoms with Crippen molar-refractivity contribution in [1.82, 2.24) is 14.7 Å². The number of carbonyl (C=O) groups is 2. The normalized spacial score (nSPS) is 19.5. The van der Waals surface area contributed by atoms with Crippen molar-refractivity contribution in [3.63, 3.8) is 0 Å². The largest absolute Gasteiger partial charge is 0.481 e. The maximum atomic E-state index is 11.6. The summed E-state index contributed by atoms with van der Waals surface area (Å²) < 4.78 is 1.75. The van der Waals surface area contributed by atoms with Gasteiger partial charge in [0.15, 0.2) is 0 Å². The highest BCUT2D eigenvalue weighted by molar-refractivity contribution is 5.86. The van der Waals surface area contributed by atoms with E-state index in [1.807, 2.05) is 19.4 Å². The van der Waals surface area contributed by atoms with Crippen LogP contribution in [0.1, 0.15) is 18.4 Å². The van der Waals surface area contributed by atoms with Crippen LogP contribution in [0.3, 0.4) is 0 Å². The van der Waals surface area contributed by atoms with Crippen LogP contribution in [0.25, 0.3) is 0 Å². The molecule has 1 aromatic rings. The molecule has 1 aliphatic rings. The number of aromatic nitrogens is 2. The standard InChI is InChI=1S/C12H17N3O3/c1-14-7-9(6-13-14)3-2-4-15-8-10(12(17)18)5-11(15)16/h6-7,10H,2-5,8H2,1H3,(H,17,18). The van der Waals surface area contributed by atoms with Crippen molar-refractivity contribution in [2.24, 2.45) is 13.0 Å². The van der Waals surface area contributed by atoms with Crippen molar-refractivity contribution in [3.8, 4) is 0 Å². The van der Waals surface area contributed by atoms with E-state index in [2.05, 4.69) is 5.10 Å². The molecule has 1 fully saturated rings. The predicted octanol–water partition coefficient (Wildman–Crippen LogP) is 0.286. The molecule has 1 aromatic heterocycles. The molecule has 2 heterocycles. The van der Waals surface area contributed by atoms with Gasteiger partial charge in [-0.15, -0.1) is 0 Å². The molecule has 0 radical (unpaired) electrons. The minimum Gasteiger partial charge on any atom is -0.481 e. The van der Waals surface area contributed by atoms with Crippen LogP contribution in [-0.2, 0) is 23.1 Å². The highest BCUT2D eigenvalue weighted by Gasteiger charge is 2.33. The lowest BCUT2D eigenvalue weighted by Gasteiger charge is -2.15. The lowest BCUT2D eigenvalue weighted by molar-refractivity contribution is -0.141. The smallest absolute Gasteiger partial charge is 0.308 e. The lowest BCUT2D eigenvalue weighted by atomic mass is 10.1. The van der Waals surface area contributed by atoms with Gasteiger partial charge in [0.25, 0.3) is 0 Å². The van der Waals surface area contributed by atoms with Gasteiger partial charge in [0.2, 0.25) is 5.91 Å². The van der Waals surface area contributed by atoms with Gasteiger partial charge in [0.05, 0.1) is 12.1 Å². The van der Waals surface area contributed by atoms with Gasteiger partial charge in [-0.2, -0.15) is 5.10 Å². The molecular weight excluding hydrogens is 234 g/mol. The first-order valence-corrected chi connectivity index (χ1v) is 6.04. The highest BCUT2D eigenvalue weighted by Crippen LogP contribution is 2.18. The third-order valence-electron chi connectivity index (χ3n) is 3.22. The molecule has 1 N–H and O–H groups in total. The molecule has 1 amide bonds. The van der Waals surface area contributed by atoms with Crippen LogP contribution < -0.4 is 0 Å². The predicted molar refractivity (Wildman–Crippen MR) is 63.9 cm³/mol. The summed E-state index contributed by atoms with van der Waals surface area (Å²) in [4.78, 5) is 24.0. The van der Waals surface area contributed by atoms with Gasteiger partial charge in [-0.05, 0) is 18.4 Å². The second kappa shape index (κ2) is 5.20. The van der Waals surface area contributed by atoms with Crippen molar-refractivity contribution in [1.29, 1.82) is 0 Å². The lowest BCUT2D eigenvalue weighted by Crippen LogP contribution is -2.27. The van der Waals surface area contributed by atoms with E-state index in [-0.39, 0.29) is 12.3 Å². The fourth-order valence-corrected chi connectivity index (χ4v) is 2.23. The van der Waals surface area contributed by atoms with Crippen LogP contribution in [-0.4, -0.2) is 44.8 Å². The van der Waals surface area contributed by atoms with Gasteiger partial charge >= 0.3 is 5.97 Å². The molecule has 1 unspecified atom stereocenters. The summed E-state index contributed by atoms with van der Waals surface area (Å²) in [6.07, 6.45) is 5.60. The Kier molecular flexibility index (Phi) is 3.64. The number of hydrogen-bond donors (Lipinski definition) is 1. The Balaban J connectivity index is 1.77. The Hall–Kier alpha value is -1.85. The van der Waals surface area contributed by atoms with E-state index >= 15 is 0 Å². The van der Waals surface area contributed by atoms with Gasteiger partial charge in [-0.1, -0.05) is 0 Å². The number of carboxylic acid groups (broad SMARTS) is 1. The maximum Gasteiger partial charge on any atom is 0.308 e. The van der Waals surface area contributed by atoms with Crippen LogP contribution >= 0.6 is 0 Å². The topological polar surface area (TPSA) is 75.4 Å². The van der Waals surface area contributed by atoms with Crippen LogP contribution in [0.15, 0.2) is 12.4 Å². The summed E-state index contributed by atoms with van der Waals surface area (Å²) in [5, 5.41) is 12.9. The Morgan fingerprint density at radius 1 is 1.61 bits per heavy atom. The average Bonchev–Trinajstić information content (AvgIpc) is 2.87. The van der Waals surface area contributed by atoms with Gasteiger partial charge in [0, 0.05) is 32.8 Å². The van der Waals surface area contributed by atoms with Crippen molar-refractivity contribution >= 4 is 11.9 Å². The Morgan fingerprint density at radius 3 is 2.94 bits per heavy atom. The molecule has 1 atom stereocenters. The quantitative estimate of drug-likeness (QED) is 0.816. The SMILES string of the molecule is Cn1cc(CCCN2CC(C(=O)O)CC2=O)cn1. The Bertz CT molecular complexity index is 455. The van der Waals surface area contributed by atoms with Crippen LogP contribution in [0, 0.1) is 5.92 Å². The van der Waals surface area contributed by atoms with E-state index in [1.54, 1.807) is 9.58 Å². The summed E-state index contributed by atoms with van der Waals surface area (Å²) in [6.45, 7) is 0.971. The number of nitrogens with zero attached hydrogens (tertiary/aromatic N) is 3. The molecule has 98 valence electrons. The second-order valence-electron chi connectivity index (χ2n) is 4.70. The van der Waals surface area contributed by atoms with E-state index in [4.69, 9.17) is 5.11 Å². The zero-order chi connectivity index (χ0) is 13.1. The number of carbonyl (C=O) groups excluding carboxylic acids is 1. The molecule has 0 bridgehead atoms. The third kappa shape index (κ3) is 2.88. The molecular formula is C12H17N3O3. The molecule has 0 aliphatic carbocycles. The zero-order valence-corrected chi connectivity index (χ0v) is 10.4. The number of carboxylic acids is 1. The van der Waals surface area contributed by atoms with E-state index in [9.17, 15) is 9.59 Å². The Labute approximate surface area is 105 Å². The van der Waals surface area contributed by atoms with Crippen LogP contribution in [0.2, 0.25) is 0 Å². The van der Waals surface area contributed by atoms with E-state index < -0.39 is 11.9 Å². The first-order valence-electron chi connectivity index (χ1n) is 6.04. The van der Waals surface area contributed by atoms with E-state index in [0.29, 0.717) is 13.1 Å². The van der Waals surface area contributed by atoms with Gasteiger partial charge < -0.3 is 10.0 Å². The van der Waals surface area contributed by atoms with Gasteiger partial charge in [-0.3, -0.25) is 14.3 Å². The molecule has 0 aromatic carbocycles. The fourth-order valence-electron chi connectivity index (χ4n) is 2.23. The minimum absolute atomic E-state index is 0.0476. The average molecular weight is 251 g/mol. The molecule has 2 rings (SSSR count). The summed E-state index contributed by atoms with van der Waals surface area (Å²) in [5.74, 6) is -1.46. The fraction of sp³-hybridized carbons (Fsp3) is 0.583. The van der Waals surface area contributed by atoms with Gasteiger partial charge in [0.1, 0.15) is 0 Å². The van der Waals surface area contributed by atoms with Crippen LogP contribution in [0.5, 0.6) is 0 Å². The number of likely N-dealkylation sites (tertiary alicyclic amines) is 1. The number of rotatable bonds is 5. The van der Waals surface area contributed by atoms with E-state index in [1.165, 1.54) is 0 Å². The summed E-state index contributed by atoms with van der Waals surface area (Å²) in [7, 11) is 1.87. The van der Waals surface area contributed by atoms with E-state index in [0.717, 1.165) is 18.4 Å². The van der Waals surface area contributed by atoms with Crippen molar-refractivity contribution in [2.75, 3.05) is 13.1 Å². The minimum atomic E-state index is -0.877. The monoisotopic (exact) mass is 251 g/mol. The number of hydrogen-bond acceptors (Lipinski definition) is 3. The summed E-state index contributed by atoms with van der Waals surface area (Å²) >= 11 is 0. The number of amides is 1. The number of aryl methyl sites for hydroxylation is 2. The van der Waals surface area contributed by atoms with Crippen molar-refractivity contribution in [2.45, 2.75) is 19.3 Å². The Morgan fingerprint density at radius 2 is 2.39 bits per heavy atom. The highest BCUT2D eigenvalue weighted by atomic mass is 16.4. The maximum absolute atomic E-state index is 11.6. The first kappa shape index (κ1) is 12.6. The van der Waals surface area contributed by atoms with Crippen molar-refractivity contribution in [3.05, 3.63) is 18.0 Å². The molecule has 0 saturated carbocycles.